The van der Waals surface area contributed by atoms with E-state index in [1.165, 1.54) is 37.9 Å². The molecule has 3 nitrogen and oxygen atoms in total. The van der Waals surface area contributed by atoms with Gasteiger partial charge in [-0.15, -0.1) is 0 Å². The summed E-state index contributed by atoms with van der Waals surface area (Å²) in [6.45, 7) is 7.59. The highest BCUT2D eigenvalue weighted by Gasteiger charge is 2.36. The highest BCUT2D eigenvalue weighted by molar-refractivity contribution is 5.29. The van der Waals surface area contributed by atoms with Crippen molar-refractivity contribution >= 4 is 0 Å². The van der Waals surface area contributed by atoms with Crippen molar-refractivity contribution in [3.63, 3.8) is 0 Å². The van der Waals surface area contributed by atoms with Gasteiger partial charge in [0.2, 0.25) is 0 Å². The quantitative estimate of drug-likeness (QED) is 0.904. The van der Waals surface area contributed by atoms with E-state index in [4.69, 9.17) is 10.5 Å². The number of hydrogen-bond donors (Lipinski definition) is 1. The Morgan fingerprint density at radius 3 is 2.33 bits per heavy atom. The van der Waals surface area contributed by atoms with Crippen LogP contribution in [0.15, 0.2) is 24.3 Å². The van der Waals surface area contributed by atoms with Crippen molar-refractivity contribution in [3.05, 3.63) is 29.8 Å². The summed E-state index contributed by atoms with van der Waals surface area (Å²) < 4.78 is 5.68. The van der Waals surface area contributed by atoms with Crippen LogP contribution in [0.4, 0.5) is 0 Å². The minimum absolute atomic E-state index is 0.108. The zero-order valence-corrected chi connectivity index (χ0v) is 13.3. The molecule has 21 heavy (non-hydrogen) atoms. The topological polar surface area (TPSA) is 38.5 Å². The van der Waals surface area contributed by atoms with Gasteiger partial charge in [-0.1, -0.05) is 18.6 Å². The van der Waals surface area contributed by atoms with Gasteiger partial charge in [-0.25, -0.2) is 0 Å². The first kappa shape index (κ1) is 14.9. The molecule has 116 valence electrons. The van der Waals surface area contributed by atoms with E-state index in [0.29, 0.717) is 0 Å². The highest BCUT2D eigenvalue weighted by atomic mass is 16.5. The molecule has 1 heterocycles. The summed E-state index contributed by atoms with van der Waals surface area (Å²) in [6, 6.07) is 8.40. The van der Waals surface area contributed by atoms with Crippen molar-refractivity contribution in [2.75, 3.05) is 19.6 Å². The Balaban J connectivity index is 1.54. The summed E-state index contributed by atoms with van der Waals surface area (Å²) in [7, 11) is 0. The summed E-state index contributed by atoms with van der Waals surface area (Å²) >= 11 is 0. The molecule has 3 heteroatoms. The summed E-state index contributed by atoms with van der Waals surface area (Å²) in [4.78, 5) is 2.57. The van der Waals surface area contributed by atoms with Gasteiger partial charge in [0.05, 0.1) is 6.10 Å². The van der Waals surface area contributed by atoms with Crippen LogP contribution in [0.3, 0.4) is 0 Å². The zero-order valence-electron chi connectivity index (χ0n) is 13.3. The van der Waals surface area contributed by atoms with Crippen molar-refractivity contribution < 1.29 is 4.74 Å². The molecular formula is C18H28N2O. The number of nitrogens with two attached hydrogens (primary N) is 1. The average Bonchev–Trinajstić information content (AvgIpc) is 2.99. The van der Waals surface area contributed by atoms with Gasteiger partial charge >= 0.3 is 0 Å². The van der Waals surface area contributed by atoms with Gasteiger partial charge in [-0.2, -0.15) is 0 Å². The first-order valence-electron chi connectivity index (χ1n) is 8.36. The van der Waals surface area contributed by atoms with E-state index >= 15 is 0 Å². The van der Waals surface area contributed by atoms with Crippen molar-refractivity contribution in [1.29, 1.82) is 0 Å². The van der Waals surface area contributed by atoms with E-state index in [1.807, 2.05) is 26.0 Å². The Kier molecular flexibility index (Phi) is 4.51. The van der Waals surface area contributed by atoms with Gasteiger partial charge in [-0.3, -0.25) is 0 Å². The van der Waals surface area contributed by atoms with E-state index in [1.54, 1.807) is 0 Å². The minimum Gasteiger partial charge on any atom is -0.491 e. The predicted octanol–water partition coefficient (Wildman–Crippen LogP) is 3.21. The molecule has 0 radical (unpaired) electrons. The van der Waals surface area contributed by atoms with E-state index in [-0.39, 0.29) is 12.1 Å². The molecule has 0 spiro atoms. The standard InChI is InChI=1S/C18H28N2O/c1-13(2)21-17-8-6-14(7-9-17)18(19)12-20-10-15-4-3-5-16(15)11-20/h6-9,13,15-16,18H,3-5,10-12,19H2,1-2H3. The van der Waals surface area contributed by atoms with E-state index in [9.17, 15) is 0 Å². The van der Waals surface area contributed by atoms with Crippen LogP contribution in [-0.2, 0) is 0 Å². The second kappa shape index (κ2) is 6.37. The second-order valence-corrected chi connectivity index (χ2v) is 7.01. The number of fused-ring (bicyclic) bond motifs is 1. The Labute approximate surface area is 128 Å². The fraction of sp³-hybridized carbons (Fsp3) is 0.667. The van der Waals surface area contributed by atoms with Crippen LogP contribution in [0.5, 0.6) is 5.75 Å². The van der Waals surface area contributed by atoms with Crippen molar-refractivity contribution in [1.82, 2.24) is 4.90 Å². The lowest BCUT2D eigenvalue weighted by Crippen LogP contribution is -2.31. The SMILES string of the molecule is CC(C)Oc1ccc(C(N)CN2CC3CCCC3C2)cc1. The third-order valence-corrected chi connectivity index (χ3v) is 4.94. The molecule has 0 amide bonds. The van der Waals surface area contributed by atoms with Gasteiger partial charge in [0.15, 0.2) is 0 Å². The Morgan fingerprint density at radius 1 is 1.14 bits per heavy atom. The molecular weight excluding hydrogens is 260 g/mol. The van der Waals surface area contributed by atoms with E-state index in [2.05, 4.69) is 17.0 Å². The molecule has 2 N–H and O–H groups in total. The van der Waals surface area contributed by atoms with Gasteiger partial charge in [-0.05, 0) is 56.2 Å². The van der Waals surface area contributed by atoms with Crippen LogP contribution in [0.25, 0.3) is 0 Å². The molecule has 3 atom stereocenters. The van der Waals surface area contributed by atoms with Crippen LogP contribution >= 0.6 is 0 Å². The molecule has 0 bridgehead atoms. The Morgan fingerprint density at radius 2 is 1.76 bits per heavy atom. The summed E-state index contributed by atoms with van der Waals surface area (Å²) in [5, 5.41) is 0. The maximum Gasteiger partial charge on any atom is 0.119 e. The minimum atomic E-state index is 0.108. The predicted molar refractivity (Wildman–Crippen MR) is 86.4 cm³/mol. The van der Waals surface area contributed by atoms with Gasteiger partial charge in [0, 0.05) is 25.7 Å². The first-order chi connectivity index (χ1) is 10.1. The maximum atomic E-state index is 6.39. The normalized spacial score (nSPS) is 27.0. The molecule has 1 saturated carbocycles. The van der Waals surface area contributed by atoms with E-state index in [0.717, 1.165) is 24.1 Å². The van der Waals surface area contributed by atoms with Crippen LogP contribution in [0, 0.1) is 11.8 Å². The van der Waals surface area contributed by atoms with Crippen molar-refractivity contribution in [3.8, 4) is 5.75 Å². The number of hydrogen-bond acceptors (Lipinski definition) is 3. The van der Waals surface area contributed by atoms with Crippen molar-refractivity contribution in [2.24, 2.45) is 17.6 Å². The second-order valence-electron chi connectivity index (χ2n) is 7.01. The lowest BCUT2D eigenvalue weighted by Gasteiger charge is -2.22. The molecule has 1 aromatic rings. The third-order valence-electron chi connectivity index (χ3n) is 4.94. The average molecular weight is 288 g/mol. The number of rotatable bonds is 5. The zero-order chi connectivity index (χ0) is 14.8. The van der Waals surface area contributed by atoms with E-state index < -0.39 is 0 Å². The van der Waals surface area contributed by atoms with Gasteiger partial charge in [0.25, 0.3) is 0 Å². The lowest BCUT2D eigenvalue weighted by atomic mass is 10.0. The molecule has 3 rings (SSSR count). The molecule has 1 saturated heterocycles. The fourth-order valence-corrected chi connectivity index (χ4v) is 3.93. The first-order valence-corrected chi connectivity index (χ1v) is 8.36. The van der Waals surface area contributed by atoms with Crippen LogP contribution < -0.4 is 10.5 Å². The molecule has 3 unspecified atom stereocenters. The Bertz CT molecular complexity index is 445. The van der Waals surface area contributed by atoms with Crippen molar-refractivity contribution in [2.45, 2.75) is 45.3 Å². The molecule has 0 aromatic heterocycles. The van der Waals surface area contributed by atoms with Gasteiger partial charge in [0.1, 0.15) is 5.75 Å². The summed E-state index contributed by atoms with van der Waals surface area (Å²) in [5.41, 5.74) is 7.61. The molecule has 1 aliphatic heterocycles. The smallest absolute Gasteiger partial charge is 0.119 e. The van der Waals surface area contributed by atoms with Gasteiger partial charge < -0.3 is 15.4 Å². The highest BCUT2D eigenvalue weighted by Crippen LogP contribution is 2.38. The van der Waals surface area contributed by atoms with Crippen LogP contribution in [0.2, 0.25) is 0 Å². The lowest BCUT2D eigenvalue weighted by molar-refractivity contribution is 0.242. The largest absolute Gasteiger partial charge is 0.491 e. The van der Waals surface area contributed by atoms with Crippen LogP contribution in [0.1, 0.15) is 44.7 Å². The number of benzene rings is 1. The number of likely N-dealkylation sites (tertiary alicyclic amines) is 1. The number of ether oxygens (including phenoxy) is 1. The Hall–Kier alpha value is -1.06. The number of nitrogens with zero attached hydrogens (tertiary/aromatic N) is 1. The third kappa shape index (κ3) is 3.58. The summed E-state index contributed by atoms with van der Waals surface area (Å²) in [5.74, 6) is 2.81. The summed E-state index contributed by atoms with van der Waals surface area (Å²) in [6.07, 6.45) is 4.51. The fourth-order valence-electron chi connectivity index (χ4n) is 3.93. The maximum absolute atomic E-state index is 6.39. The monoisotopic (exact) mass is 288 g/mol. The molecule has 2 fully saturated rings. The molecule has 1 aromatic carbocycles. The molecule has 1 aliphatic carbocycles. The van der Waals surface area contributed by atoms with Crippen LogP contribution in [-0.4, -0.2) is 30.6 Å². The molecule has 2 aliphatic rings.